The molecule has 3 N–H and O–H groups in total. The van der Waals surface area contributed by atoms with Gasteiger partial charge in [0, 0.05) is 26.3 Å². The van der Waals surface area contributed by atoms with E-state index in [1.165, 1.54) is 0 Å². The van der Waals surface area contributed by atoms with Gasteiger partial charge in [0.15, 0.2) is 0 Å². The van der Waals surface area contributed by atoms with Gasteiger partial charge in [-0.25, -0.2) is 9.97 Å². The number of thiazole rings is 1. The van der Waals surface area contributed by atoms with Crippen LogP contribution >= 0.6 is 11.3 Å². The fraction of sp³-hybridized carbons (Fsp3) is 0.522. The van der Waals surface area contributed by atoms with Crippen LogP contribution in [0.4, 0.5) is 11.8 Å². The van der Waals surface area contributed by atoms with Crippen molar-refractivity contribution in [1.82, 2.24) is 15.0 Å². The number of nitrogens with one attached hydrogen (secondary N) is 2. The highest BCUT2D eigenvalue weighted by Gasteiger charge is 2.32. The molecule has 8 heteroatoms. The quantitative estimate of drug-likeness (QED) is 0.479. The highest BCUT2D eigenvalue weighted by Crippen LogP contribution is 2.39. The molecular formula is C23H31N5O2S. The molecule has 1 aliphatic rings. The van der Waals surface area contributed by atoms with Gasteiger partial charge >= 0.3 is 0 Å². The summed E-state index contributed by atoms with van der Waals surface area (Å²) in [7, 11) is 1.70. The minimum absolute atomic E-state index is 0.0596. The van der Waals surface area contributed by atoms with Gasteiger partial charge in [0.1, 0.15) is 10.8 Å². The van der Waals surface area contributed by atoms with Crippen molar-refractivity contribution in [3.05, 3.63) is 30.0 Å². The zero-order chi connectivity index (χ0) is 22.0. The third kappa shape index (κ3) is 4.81. The Kier molecular flexibility index (Phi) is 6.69. The summed E-state index contributed by atoms with van der Waals surface area (Å²) in [5.41, 5.74) is 2.82. The van der Waals surface area contributed by atoms with Gasteiger partial charge in [0.25, 0.3) is 0 Å². The van der Waals surface area contributed by atoms with E-state index in [9.17, 15) is 5.11 Å². The number of methoxy groups -OCH3 is 1. The molecular weight excluding hydrogens is 410 g/mol. The lowest BCUT2D eigenvalue weighted by atomic mass is 10.1. The molecule has 0 aliphatic heterocycles. The monoisotopic (exact) mass is 441 g/mol. The summed E-state index contributed by atoms with van der Waals surface area (Å²) in [6.45, 7) is 7.11. The van der Waals surface area contributed by atoms with E-state index in [0.29, 0.717) is 24.3 Å². The van der Waals surface area contributed by atoms with Crippen LogP contribution < -0.4 is 10.6 Å². The molecule has 0 radical (unpaired) electrons. The van der Waals surface area contributed by atoms with Crippen LogP contribution in [0.15, 0.2) is 24.3 Å². The standard InChI is InChI=1S/C23H31N5O2S/c1-13-9-16(12-29)10-18(13)26-21-20(22-27-17-7-5-6-8-19(17)31-22)15(3)25-23(28-21)24-11-14(2)30-4/h5-8,13-14,16,18,29H,9-12H2,1-4H3,(H2,24,25,26,28)/t13-,14+,16-,18-/m1/s1. The third-order valence-corrected chi connectivity index (χ3v) is 7.16. The van der Waals surface area contributed by atoms with E-state index in [4.69, 9.17) is 19.7 Å². The summed E-state index contributed by atoms with van der Waals surface area (Å²) in [6, 6.07) is 8.42. The molecule has 166 valence electrons. The van der Waals surface area contributed by atoms with Crippen molar-refractivity contribution in [3.63, 3.8) is 0 Å². The first kappa shape index (κ1) is 21.9. The molecule has 0 unspecified atom stereocenters. The number of anilines is 2. The summed E-state index contributed by atoms with van der Waals surface area (Å²) in [5.74, 6) is 2.18. The molecule has 31 heavy (non-hydrogen) atoms. The number of hydrogen-bond acceptors (Lipinski definition) is 8. The molecule has 0 amide bonds. The van der Waals surface area contributed by atoms with Gasteiger partial charge in [-0.15, -0.1) is 11.3 Å². The first-order chi connectivity index (χ1) is 15.0. The van der Waals surface area contributed by atoms with Crippen LogP contribution in [0.3, 0.4) is 0 Å². The third-order valence-electron chi connectivity index (χ3n) is 6.11. The number of ether oxygens (including phenoxy) is 1. The SMILES string of the molecule is CO[C@@H](C)CNc1nc(C)c(-c2nc3ccccc3s2)c(N[C@@H]2C[C@H](CO)C[C@H]2C)n1. The summed E-state index contributed by atoms with van der Waals surface area (Å²) in [6.07, 6.45) is 2.01. The van der Waals surface area contributed by atoms with Gasteiger partial charge in [-0.3, -0.25) is 0 Å². The smallest absolute Gasteiger partial charge is 0.224 e. The molecule has 2 heterocycles. The summed E-state index contributed by atoms with van der Waals surface area (Å²) < 4.78 is 6.49. The predicted octanol–water partition coefficient (Wildman–Crippen LogP) is 4.33. The lowest BCUT2D eigenvalue weighted by Gasteiger charge is -2.21. The van der Waals surface area contributed by atoms with Crippen molar-refractivity contribution in [2.24, 2.45) is 11.8 Å². The van der Waals surface area contributed by atoms with Gasteiger partial charge in [-0.1, -0.05) is 19.1 Å². The second kappa shape index (κ2) is 9.46. The van der Waals surface area contributed by atoms with E-state index >= 15 is 0 Å². The summed E-state index contributed by atoms with van der Waals surface area (Å²) >= 11 is 1.66. The second-order valence-electron chi connectivity index (χ2n) is 8.52. The Morgan fingerprint density at radius 2 is 2.03 bits per heavy atom. The van der Waals surface area contributed by atoms with Crippen LogP contribution in [0, 0.1) is 18.8 Å². The number of nitrogens with zero attached hydrogens (tertiary/aromatic N) is 3. The Labute approximate surface area is 187 Å². The van der Waals surface area contributed by atoms with E-state index < -0.39 is 0 Å². The number of para-hydroxylation sites is 1. The van der Waals surface area contributed by atoms with Crippen LogP contribution in [-0.2, 0) is 4.74 Å². The zero-order valence-corrected chi connectivity index (χ0v) is 19.4. The van der Waals surface area contributed by atoms with Crippen molar-refractivity contribution >= 4 is 33.3 Å². The number of fused-ring (bicyclic) bond motifs is 1. The van der Waals surface area contributed by atoms with Gasteiger partial charge < -0.3 is 20.5 Å². The predicted molar refractivity (Wildman–Crippen MR) is 127 cm³/mol. The Balaban J connectivity index is 1.71. The molecule has 0 spiro atoms. The van der Waals surface area contributed by atoms with Crippen LogP contribution in [0.1, 0.15) is 32.4 Å². The maximum atomic E-state index is 9.63. The molecule has 1 aliphatic carbocycles. The average Bonchev–Trinajstić information content (AvgIpc) is 3.34. The fourth-order valence-corrected chi connectivity index (χ4v) is 5.28. The minimum Gasteiger partial charge on any atom is -0.396 e. The first-order valence-electron chi connectivity index (χ1n) is 10.9. The molecule has 0 bridgehead atoms. The number of rotatable bonds is 8. The number of benzene rings is 1. The molecule has 1 aromatic carbocycles. The van der Waals surface area contributed by atoms with Crippen molar-refractivity contribution in [3.8, 4) is 10.6 Å². The van der Waals surface area contributed by atoms with Crippen molar-refractivity contribution < 1.29 is 9.84 Å². The maximum Gasteiger partial charge on any atom is 0.224 e. The number of aliphatic hydroxyl groups excluding tert-OH is 1. The Morgan fingerprint density at radius 1 is 1.23 bits per heavy atom. The topological polar surface area (TPSA) is 92.2 Å². The van der Waals surface area contributed by atoms with E-state index in [1.807, 2.05) is 32.0 Å². The number of aromatic nitrogens is 3. The minimum atomic E-state index is 0.0596. The van der Waals surface area contributed by atoms with Gasteiger partial charge in [0.2, 0.25) is 5.95 Å². The Bertz CT molecular complexity index is 1010. The van der Waals surface area contributed by atoms with Gasteiger partial charge in [0.05, 0.1) is 27.6 Å². The summed E-state index contributed by atoms with van der Waals surface area (Å²) in [5, 5.41) is 17.5. The van der Waals surface area contributed by atoms with Crippen molar-refractivity contribution in [2.75, 3.05) is 30.9 Å². The van der Waals surface area contributed by atoms with E-state index in [1.54, 1.807) is 18.4 Å². The highest BCUT2D eigenvalue weighted by atomic mass is 32.1. The molecule has 3 aromatic rings. The zero-order valence-electron chi connectivity index (χ0n) is 18.6. The van der Waals surface area contributed by atoms with Crippen molar-refractivity contribution in [1.29, 1.82) is 0 Å². The van der Waals surface area contributed by atoms with E-state index in [0.717, 1.165) is 45.1 Å². The lowest BCUT2D eigenvalue weighted by Crippen LogP contribution is -2.25. The van der Waals surface area contributed by atoms with Crippen LogP contribution in [0.5, 0.6) is 0 Å². The number of hydrogen-bond donors (Lipinski definition) is 3. The highest BCUT2D eigenvalue weighted by molar-refractivity contribution is 7.21. The molecule has 7 nitrogen and oxygen atoms in total. The molecule has 0 saturated heterocycles. The normalized spacial score (nSPS) is 22.0. The largest absolute Gasteiger partial charge is 0.396 e. The maximum absolute atomic E-state index is 9.63. The van der Waals surface area contributed by atoms with Gasteiger partial charge in [-0.2, -0.15) is 4.98 Å². The summed E-state index contributed by atoms with van der Waals surface area (Å²) in [4.78, 5) is 14.4. The molecule has 4 rings (SSSR count). The number of aryl methyl sites for hydroxylation is 1. The second-order valence-corrected chi connectivity index (χ2v) is 9.55. The van der Waals surface area contributed by atoms with Crippen molar-refractivity contribution in [2.45, 2.75) is 45.8 Å². The molecule has 1 fully saturated rings. The molecule has 4 atom stereocenters. The fourth-order valence-electron chi connectivity index (χ4n) is 4.21. The number of aliphatic hydroxyl groups is 1. The molecule has 2 aromatic heterocycles. The first-order valence-corrected chi connectivity index (χ1v) is 11.7. The van der Waals surface area contributed by atoms with E-state index in [-0.39, 0.29) is 18.8 Å². The Hall–Kier alpha value is -2.29. The molecule has 1 saturated carbocycles. The van der Waals surface area contributed by atoms with Crippen LogP contribution in [0.25, 0.3) is 20.8 Å². The van der Waals surface area contributed by atoms with Crippen LogP contribution in [0.2, 0.25) is 0 Å². The Morgan fingerprint density at radius 3 is 2.74 bits per heavy atom. The lowest BCUT2D eigenvalue weighted by molar-refractivity contribution is 0.128. The average molecular weight is 442 g/mol. The van der Waals surface area contributed by atoms with Gasteiger partial charge in [-0.05, 0) is 50.7 Å². The van der Waals surface area contributed by atoms with Crippen LogP contribution in [-0.4, -0.2) is 52.5 Å². The van der Waals surface area contributed by atoms with E-state index in [2.05, 4.69) is 23.6 Å².